The summed E-state index contributed by atoms with van der Waals surface area (Å²) in [6.07, 6.45) is 0.251. The molecule has 0 saturated carbocycles. The molecule has 0 aliphatic carbocycles. The van der Waals surface area contributed by atoms with Gasteiger partial charge in [-0.25, -0.2) is 0 Å². The van der Waals surface area contributed by atoms with E-state index in [2.05, 4.69) is 39.2 Å². The fourth-order valence-corrected chi connectivity index (χ4v) is 2.18. The van der Waals surface area contributed by atoms with E-state index in [0.717, 1.165) is 0 Å². The van der Waals surface area contributed by atoms with Gasteiger partial charge in [-0.15, -0.1) is 12.6 Å². The predicted octanol–water partition coefficient (Wildman–Crippen LogP) is 2.77. The van der Waals surface area contributed by atoms with Crippen LogP contribution in [0.3, 0.4) is 0 Å². The first kappa shape index (κ1) is 17.0. The Bertz CT molecular complexity index is 512. The molecule has 0 aliphatic rings. The van der Waals surface area contributed by atoms with Crippen LogP contribution in [-0.2, 0) is 4.79 Å². The van der Waals surface area contributed by atoms with Crippen molar-refractivity contribution in [2.45, 2.75) is 37.6 Å². The molecule has 0 bridgehead atoms. The Kier molecular flexibility index (Phi) is 6.07. The molecule has 2 amide bonds. The van der Waals surface area contributed by atoms with Gasteiger partial charge in [-0.3, -0.25) is 9.59 Å². The summed E-state index contributed by atoms with van der Waals surface area (Å²) in [4.78, 5) is 24.3. The fraction of sp³-hybridized carbons (Fsp3) is 0.429. The van der Waals surface area contributed by atoms with Crippen molar-refractivity contribution >= 4 is 40.4 Å². The molecule has 0 radical (unpaired) electrons. The second-order valence-electron chi connectivity index (χ2n) is 5.47. The Morgan fingerprint density at radius 1 is 1.30 bits per heavy atom. The zero-order valence-electron chi connectivity index (χ0n) is 11.8. The van der Waals surface area contributed by atoms with Gasteiger partial charge in [-0.2, -0.15) is 0 Å². The lowest BCUT2D eigenvalue weighted by Crippen LogP contribution is -2.42. The molecule has 1 rings (SSSR count). The summed E-state index contributed by atoms with van der Waals surface area (Å²) < 4.78 is 0.701. The summed E-state index contributed by atoms with van der Waals surface area (Å²) in [5, 5.41) is 5.56. The zero-order valence-corrected chi connectivity index (χ0v) is 14.3. The lowest BCUT2D eigenvalue weighted by Gasteiger charge is -2.20. The number of hydrogen-bond acceptors (Lipinski definition) is 3. The third-order valence-electron chi connectivity index (χ3n) is 2.35. The van der Waals surface area contributed by atoms with Crippen molar-refractivity contribution in [1.29, 1.82) is 0 Å². The molecule has 20 heavy (non-hydrogen) atoms. The molecule has 2 N–H and O–H groups in total. The van der Waals surface area contributed by atoms with Gasteiger partial charge in [-0.1, -0.05) is 0 Å². The molecule has 110 valence electrons. The summed E-state index contributed by atoms with van der Waals surface area (Å²) in [7, 11) is 0. The molecule has 0 spiro atoms. The van der Waals surface area contributed by atoms with Crippen LogP contribution in [0.1, 0.15) is 37.6 Å². The minimum Gasteiger partial charge on any atom is -0.351 e. The predicted molar refractivity (Wildman–Crippen MR) is 86.2 cm³/mol. The van der Waals surface area contributed by atoms with E-state index in [1.165, 1.54) is 0 Å². The SMILES string of the molecule is CC(C)(C)NC(=O)CCNC(=O)c1cc(S)ccc1Br. The molecule has 1 aromatic carbocycles. The maximum absolute atomic E-state index is 12.0. The molecule has 0 unspecified atom stereocenters. The average Bonchev–Trinajstić information content (AvgIpc) is 2.29. The van der Waals surface area contributed by atoms with Crippen LogP contribution in [0.25, 0.3) is 0 Å². The van der Waals surface area contributed by atoms with E-state index in [9.17, 15) is 9.59 Å². The van der Waals surface area contributed by atoms with Gasteiger partial charge in [0.1, 0.15) is 0 Å². The van der Waals surface area contributed by atoms with E-state index in [-0.39, 0.29) is 23.8 Å². The second kappa shape index (κ2) is 7.13. The zero-order chi connectivity index (χ0) is 15.3. The van der Waals surface area contributed by atoms with E-state index in [0.29, 0.717) is 21.5 Å². The van der Waals surface area contributed by atoms with E-state index in [1.54, 1.807) is 18.2 Å². The maximum Gasteiger partial charge on any atom is 0.252 e. The Balaban J connectivity index is 2.48. The van der Waals surface area contributed by atoms with Crippen LogP contribution < -0.4 is 10.6 Å². The number of amides is 2. The van der Waals surface area contributed by atoms with E-state index < -0.39 is 0 Å². The molecule has 0 aromatic heterocycles. The number of hydrogen-bond donors (Lipinski definition) is 3. The van der Waals surface area contributed by atoms with Gasteiger partial charge < -0.3 is 10.6 Å². The van der Waals surface area contributed by atoms with Crippen molar-refractivity contribution in [1.82, 2.24) is 10.6 Å². The van der Waals surface area contributed by atoms with Crippen LogP contribution >= 0.6 is 28.6 Å². The monoisotopic (exact) mass is 358 g/mol. The van der Waals surface area contributed by atoms with E-state index in [1.807, 2.05) is 20.8 Å². The first-order valence-electron chi connectivity index (χ1n) is 6.27. The van der Waals surface area contributed by atoms with Crippen molar-refractivity contribution in [3.63, 3.8) is 0 Å². The quantitative estimate of drug-likeness (QED) is 0.724. The molecule has 6 heteroatoms. The van der Waals surface area contributed by atoms with Crippen LogP contribution in [0.5, 0.6) is 0 Å². The van der Waals surface area contributed by atoms with Crippen molar-refractivity contribution in [2.24, 2.45) is 0 Å². The standard InChI is InChI=1S/C14H19BrN2O2S/c1-14(2,3)17-12(18)6-7-16-13(19)10-8-9(20)4-5-11(10)15/h4-5,8,20H,6-7H2,1-3H3,(H,16,19)(H,17,18). The van der Waals surface area contributed by atoms with E-state index in [4.69, 9.17) is 0 Å². The van der Waals surface area contributed by atoms with Crippen LogP contribution in [0.2, 0.25) is 0 Å². The number of thiol groups is 1. The Morgan fingerprint density at radius 2 is 1.95 bits per heavy atom. The van der Waals surface area contributed by atoms with Gasteiger partial charge in [0.15, 0.2) is 0 Å². The number of carbonyl (C=O) groups is 2. The maximum atomic E-state index is 12.0. The van der Waals surface area contributed by atoms with Crippen LogP contribution in [0, 0.1) is 0 Å². The Labute approximate surface area is 133 Å². The highest BCUT2D eigenvalue weighted by atomic mass is 79.9. The molecule has 1 aromatic rings. The van der Waals surface area contributed by atoms with Gasteiger partial charge in [0.2, 0.25) is 5.91 Å². The normalized spacial score (nSPS) is 11.1. The summed E-state index contributed by atoms with van der Waals surface area (Å²) >= 11 is 7.52. The highest BCUT2D eigenvalue weighted by Gasteiger charge is 2.14. The second-order valence-corrected chi connectivity index (χ2v) is 6.84. The lowest BCUT2D eigenvalue weighted by atomic mass is 10.1. The highest BCUT2D eigenvalue weighted by molar-refractivity contribution is 9.10. The van der Waals surface area contributed by atoms with Crippen molar-refractivity contribution in [3.8, 4) is 0 Å². The fourth-order valence-electron chi connectivity index (χ4n) is 1.55. The van der Waals surface area contributed by atoms with Gasteiger partial charge in [0, 0.05) is 27.9 Å². The smallest absolute Gasteiger partial charge is 0.252 e. The van der Waals surface area contributed by atoms with Gasteiger partial charge in [0.05, 0.1) is 5.56 Å². The lowest BCUT2D eigenvalue weighted by molar-refractivity contribution is -0.122. The molecule has 0 aliphatic heterocycles. The van der Waals surface area contributed by atoms with Crippen LogP contribution in [0.4, 0.5) is 0 Å². The van der Waals surface area contributed by atoms with Crippen molar-refractivity contribution in [2.75, 3.05) is 6.54 Å². The van der Waals surface area contributed by atoms with Crippen molar-refractivity contribution in [3.05, 3.63) is 28.2 Å². The first-order valence-corrected chi connectivity index (χ1v) is 7.51. The Hall–Kier alpha value is -1.01. The third-order valence-corrected chi connectivity index (χ3v) is 3.32. The highest BCUT2D eigenvalue weighted by Crippen LogP contribution is 2.20. The molecule has 0 atom stereocenters. The van der Waals surface area contributed by atoms with E-state index >= 15 is 0 Å². The number of nitrogens with one attached hydrogen (secondary N) is 2. The molecular formula is C14H19BrN2O2S. The topological polar surface area (TPSA) is 58.2 Å². The molecule has 4 nitrogen and oxygen atoms in total. The molecular weight excluding hydrogens is 340 g/mol. The summed E-state index contributed by atoms with van der Waals surface area (Å²) in [5.74, 6) is -0.309. The average molecular weight is 359 g/mol. The number of carbonyl (C=O) groups excluding carboxylic acids is 2. The minimum absolute atomic E-state index is 0.0835. The molecule has 0 heterocycles. The van der Waals surface area contributed by atoms with Gasteiger partial charge in [-0.05, 0) is 54.9 Å². The number of halogens is 1. The number of benzene rings is 1. The minimum atomic E-state index is -0.259. The number of rotatable bonds is 4. The van der Waals surface area contributed by atoms with Crippen LogP contribution in [0.15, 0.2) is 27.6 Å². The third kappa shape index (κ3) is 5.96. The van der Waals surface area contributed by atoms with Gasteiger partial charge >= 0.3 is 0 Å². The molecule has 0 saturated heterocycles. The van der Waals surface area contributed by atoms with Crippen LogP contribution in [-0.4, -0.2) is 23.9 Å². The Morgan fingerprint density at radius 3 is 2.55 bits per heavy atom. The summed E-state index contributed by atoms with van der Waals surface area (Å²) in [6.45, 7) is 6.04. The summed E-state index contributed by atoms with van der Waals surface area (Å²) in [5.41, 5.74) is 0.249. The summed E-state index contributed by atoms with van der Waals surface area (Å²) in [6, 6.07) is 5.24. The van der Waals surface area contributed by atoms with Crippen molar-refractivity contribution < 1.29 is 9.59 Å². The molecule has 0 fully saturated rings. The van der Waals surface area contributed by atoms with Gasteiger partial charge in [0.25, 0.3) is 5.91 Å². The largest absolute Gasteiger partial charge is 0.351 e. The first-order chi connectivity index (χ1) is 9.19.